The van der Waals surface area contributed by atoms with Crippen LogP contribution in [0.4, 0.5) is 26.3 Å². The van der Waals surface area contributed by atoms with Crippen LogP contribution in [0.2, 0.25) is 0 Å². The summed E-state index contributed by atoms with van der Waals surface area (Å²) in [5.74, 6) is -3.00. The van der Waals surface area contributed by atoms with E-state index in [1.807, 2.05) is 0 Å². The summed E-state index contributed by atoms with van der Waals surface area (Å²) in [4.78, 5) is 54.9. The summed E-state index contributed by atoms with van der Waals surface area (Å²) < 4.78 is 81.5. The van der Waals surface area contributed by atoms with Crippen LogP contribution in [0.5, 0.6) is 0 Å². The van der Waals surface area contributed by atoms with Gasteiger partial charge in [0.25, 0.3) is 0 Å². The number of carbonyl (C=O) groups is 4. The van der Waals surface area contributed by atoms with Gasteiger partial charge in [0.15, 0.2) is 23.1 Å². The largest absolute Gasteiger partial charge is 0.418 e. The Morgan fingerprint density at radius 2 is 1.09 bits per heavy atom. The van der Waals surface area contributed by atoms with Crippen LogP contribution in [0.1, 0.15) is 95.1 Å². The van der Waals surface area contributed by atoms with E-state index >= 15 is 0 Å². The van der Waals surface area contributed by atoms with Crippen molar-refractivity contribution in [2.45, 2.75) is 51.1 Å². The van der Waals surface area contributed by atoms with Gasteiger partial charge in [-0.15, -0.1) is 0 Å². The third-order valence-electron chi connectivity index (χ3n) is 7.43. The number of aromatic nitrogens is 1. The minimum Gasteiger partial charge on any atom is -0.392 e. The molecule has 1 aromatic heterocycles. The Labute approximate surface area is 265 Å². The summed E-state index contributed by atoms with van der Waals surface area (Å²) in [6, 6.07) is 17.2. The summed E-state index contributed by atoms with van der Waals surface area (Å²) in [5, 5.41) is 9.50. The van der Waals surface area contributed by atoms with Crippen molar-refractivity contribution in [3.8, 4) is 0 Å². The molecule has 0 saturated heterocycles. The smallest absolute Gasteiger partial charge is 0.392 e. The van der Waals surface area contributed by atoms with E-state index in [4.69, 9.17) is 0 Å². The Bertz CT molecular complexity index is 1810. The maximum atomic E-state index is 13.9. The van der Waals surface area contributed by atoms with E-state index in [2.05, 4.69) is 4.98 Å². The van der Waals surface area contributed by atoms with Crippen LogP contribution < -0.4 is 0 Å². The molecule has 0 unspecified atom stereocenters. The highest BCUT2D eigenvalue weighted by molar-refractivity contribution is 6.04. The van der Waals surface area contributed by atoms with E-state index in [0.29, 0.717) is 28.8 Å². The zero-order chi connectivity index (χ0) is 34.4. The molecule has 47 heavy (non-hydrogen) atoms. The second-order valence-corrected chi connectivity index (χ2v) is 10.6. The number of aliphatic hydroxyl groups excluding tert-OH is 1. The monoisotopic (exact) mass is 655 g/mol. The molecule has 0 aliphatic carbocycles. The minimum absolute atomic E-state index is 0.0660. The average molecular weight is 656 g/mol. The number of ketones is 4. The highest BCUT2D eigenvalue weighted by Crippen LogP contribution is 2.35. The van der Waals surface area contributed by atoms with E-state index in [1.54, 1.807) is 42.5 Å². The summed E-state index contributed by atoms with van der Waals surface area (Å²) in [5.41, 5.74) is -2.71. The normalized spacial score (nSPS) is 11.7. The quantitative estimate of drug-likeness (QED) is 0.116. The average Bonchev–Trinajstić information content (AvgIpc) is 3.05. The lowest BCUT2D eigenvalue weighted by Crippen LogP contribution is -2.17. The van der Waals surface area contributed by atoms with Crippen molar-refractivity contribution < 1.29 is 50.6 Å². The van der Waals surface area contributed by atoms with Crippen molar-refractivity contribution in [2.75, 3.05) is 0 Å². The van der Waals surface area contributed by atoms with Gasteiger partial charge in [0.1, 0.15) is 5.69 Å². The molecule has 244 valence electrons. The van der Waals surface area contributed by atoms with Gasteiger partial charge in [0, 0.05) is 48.6 Å². The lowest BCUT2D eigenvalue weighted by molar-refractivity contribution is -0.138. The molecule has 0 radical (unpaired) electrons. The van der Waals surface area contributed by atoms with E-state index in [0.717, 1.165) is 24.4 Å². The van der Waals surface area contributed by atoms with Crippen molar-refractivity contribution in [1.82, 2.24) is 4.98 Å². The first-order valence-corrected chi connectivity index (χ1v) is 14.3. The molecule has 12 heteroatoms. The van der Waals surface area contributed by atoms with Gasteiger partial charge in [0.05, 0.1) is 17.7 Å². The van der Waals surface area contributed by atoms with Gasteiger partial charge in [0.2, 0.25) is 0 Å². The van der Waals surface area contributed by atoms with Crippen LogP contribution in [-0.2, 0) is 25.4 Å². The number of alkyl halides is 6. The molecule has 1 N–H and O–H groups in total. The van der Waals surface area contributed by atoms with Crippen LogP contribution in [0.3, 0.4) is 0 Å². The Morgan fingerprint density at radius 3 is 1.66 bits per heavy atom. The van der Waals surface area contributed by atoms with Crippen molar-refractivity contribution in [1.29, 1.82) is 0 Å². The molecule has 1 heterocycles. The molecule has 0 aliphatic rings. The maximum Gasteiger partial charge on any atom is 0.418 e. The predicted octanol–water partition coefficient (Wildman–Crippen LogP) is 7.89. The molecule has 4 aromatic rings. The number of carbonyl (C=O) groups excluding carboxylic acids is 4. The van der Waals surface area contributed by atoms with Crippen molar-refractivity contribution in [3.05, 3.63) is 135 Å². The van der Waals surface area contributed by atoms with Gasteiger partial charge in [-0.25, -0.2) is 0 Å². The van der Waals surface area contributed by atoms with Gasteiger partial charge in [-0.1, -0.05) is 54.6 Å². The fourth-order valence-corrected chi connectivity index (χ4v) is 5.11. The summed E-state index contributed by atoms with van der Waals surface area (Å²) in [6.07, 6.45) is -10.9. The minimum atomic E-state index is -4.95. The number of benzene rings is 3. The van der Waals surface area contributed by atoms with Crippen molar-refractivity contribution in [2.24, 2.45) is 0 Å². The number of hydrogen-bond acceptors (Lipinski definition) is 6. The van der Waals surface area contributed by atoms with Crippen LogP contribution >= 0.6 is 0 Å². The molecule has 0 amide bonds. The number of aliphatic hydroxyl groups is 1. The fraction of sp³-hybridized carbons (Fsp3) is 0.229. The van der Waals surface area contributed by atoms with E-state index in [1.165, 1.54) is 6.07 Å². The van der Waals surface area contributed by atoms with E-state index < -0.39 is 64.9 Å². The highest BCUT2D eigenvalue weighted by atomic mass is 19.4. The molecule has 0 atom stereocenters. The molecule has 4 rings (SSSR count). The second-order valence-electron chi connectivity index (χ2n) is 10.6. The molecular formula is C35H27F6NO5. The van der Waals surface area contributed by atoms with Crippen LogP contribution in [0, 0.1) is 0 Å². The Morgan fingerprint density at radius 1 is 0.574 bits per heavy atom. The third-order valence-corrected chi connectivity index (χ3v) is 7.43. The number of Topliss-reactive ketones (excluding diaryl/α,β-unsaturated/α-hetero) is 4. The van der Waals surface area contributed by atoms with Crippen LogP contribution in [0.25, 0.3) is 0 Å². The molecule has 0 aliphatic heterocycles. The molecule has 6 nitrogen and oxygen atoms in total. The number of halogens is 6. The topological polar surface area (TPSA) is 101 Å². The van der Waals surface area contributed by atoms with E-state index in [9.17, 15) is 50.6 Å². The second kappa shape index (κ2) is 14.6. The highest BCUT2D eigenvalue weighted by Gasteiger charge is 2.37. The number of hydrogen-bond donors (Lipinski definition) is 1. The molecule has 3 aromatic carbocycles. The van der Waals surface area contributed by atoms with Crippen molar-refractivity contribution in [3.63, 3.8) is 0 Å². The first-order chi connectivity index (χ1) is 22.2. The first kappa shape index (κ1) is 34.9. The van der Waals surface area contributed by atoms with Gasteiger partial charge < -0.3 is 5.11 Å². The molecule has 0 bridgehead atoms. The fourth-order valence-electron chi connectivity index (χ4n) is 5.11. The predicted molar refractivity (Wildman–Crippen MR) is 158 cm³/mol. The maximum absolute atomic E-state index is 13.9. The number of pyridine rings is 1. The molecular weight excluding hydrogens is 628 g/mol. The van der Waals surface area contributed by atoms with Crippen LogP contribution in [0.15, 0.2) is 85.1 Å². The number of rotatable bonds is 13. The van der Waals surface area contributed by atoms with Gasteiger partial charge in [-0.2, -0.15) is 26.3 Å². The van der Waals surface area contributed by atoms with Crippen molar-refractivity contribution >= 4 is 23.1 Å². The SMILES string of the molecule is O=C(CCC(=O)c1ccccc1Cc1ccc(C(F)(F)F)c(C(=O)CCC(=O)c2ncccc2C(F)(F)F)c1)c1ccccc1CO. The summed E-state index contributed by atoms with van der Waals surface area (Å²) in [7, 11) is 0. The lowest BCUT2D eigenvalue weighted by atomic mass is 9.91. The number of nitrogens with zero attached hydrogens (tertiary/aromatic N) is 1. The molecule has 0 spiro atoms. The summed E-state index contributed by atoms with van der Waals surface area (Å²) in [6.45, 7) is -0.351. The summed E-state index contributed by atoms with van der Waals surface area (Å²) >= 11 is 0. The zero-order valence-corrected chi connectivity index (χ0v) is 24.6. The van der Waals surface area contributed by atoms with Gasteiger partial charge >= 0.3 is 12.4 Å². The third kappa shape index (κ3) is 8.64. The first-order valence-electron chi connectivity index (χ1n) is 14.3. The molecule has 0 fully saturated rings. The molecule has 0 saturated carbocycles. The van der Waals surface area contributed by atoms with Gasteiger partial charge in [-0.05, 0) is 47.4 Å². The standard InChI is InChI=1S/C35H27F6NO5/c36-34(37,38)27-12-11-21(19-26(27)31(46)15-16-32(47)33-28(35(39,40)41)10-5-17-42-33)18-22-6-1-3-8-24(22)29(44)13-14-30(45)25-9-4-2-7-23(25)20-43/h1-12,17,19,43H,13-16,18,20H2. The van der Waals surface area contributed by atoms with Crippen LogP contribution in [-0.4, -0.2) is 33.2 Å². The Balaban J connectivity index is 1.53. The van der Waals surface area contributed by atoms with Gasteiger partial charge in [-0.3, -0.25) is 24.2 Å². The Hall–Kier alpha value is -4.97. The van der Waals surface area contributed by atoms with E-state index in [-0.39, 0.29) is 42.8 Å². The Kier molecular flexibility index (Phi) is 10.9. The lowest BCUT2D eigenvalue weighted by Gasteiger charge is -2.15. The zero-order valence-electron chi connectivity index (χ0n) is 24.6.